The fraction of sp³-hybridized carbons (Fsp3) is 0.769. The van der Waals surface area contributed by atoms with E-state index in [-0.39, 0.29) is 5.91 Å². The number of hydrogen-bond donors (Lipinski definition) is 1. The smallest absolute Gasteiger partial charge is 0.230 e. The van der Waals surface area contributed by atoms with Gasteiger partial charge in [-0.1, -0.05) is 23.1 Å². The maximum absolute atomic E-state index is 11.8. The molecular weight excluding hydrogens is 292 g/mol. The first-order valence-corrected chi connectivity index (χ1v) is 8.65. The Hall–Kier alpha value is -0.660. The van der Waals surface area contributed by atoms with E-state index in [9.17, 15) is 4.79 Å². The molecule has 1 rings (SSSR count). The van der Waals surface area contributed by atoms with Crippen molar-refractivity contribution in [2.24, 2.45) is 0 Å². The number of aromatic nitrogens is 2. The number of carbonyl (C=O) groups is 1. The standard InChI is InChI=1S/C13H24N4OS2/c1-9(2)17(10(3)4)7-6-14-12(18)8-19-13-16-15-11(5)20-13/h9-10H,6-8H2,1-5H3,(H,14,18). The van der Waals surface area contributed by atoms with E-state index < -0.39 is 0 Å². The topological polar surface area (TPSA) is 58.1 Å². The minimum Gasteiger partial charge on any atom is -0.354 e. The quantitative estimate of drug-likeness (QED) is 0.745. The van der Waals surface area contributed by atoms with Crippen LogP contribution < -0.4 is 5.32 Å². The molecule has 0 saturated carbocycles. The molecule has 0 spiro atoms. The van der Waals surface area contributed by atoms with Gasteiger partial charge in [0.25, 0.3) is 0 Å². The van der Waals surface area contributed by atoms with Gasteiger partial charge < -0.3 is 5.32 Å². The molecule has 114 valence electrons. The van der Waals surface area contributed by atoms with Gasteiger partial charge in [0, 0.05) is 25.2 Å². The van der Waals surface area contributed by atoms with Gasteiger partial charge in [0.05, 0.1) is 5.75 Å². The number of rotatable bonds is 8. The Morgan fingerprint density at radius 1 is 1.30 bits per heavy atom. The minimum absolute atomic E-state index is 0.0512. The summed E-state index contributed by atoms with van der Waals surface area (Å²) in [5.41, 5.74) is 0. The number of carbonyl (C=O) groups excluding carboxylic acids is 1. The summed E-state index contributed by atoms with van der Waals surface area (Å²) in [6.07, 6.45) is 0. The SMILES string of the molecule is Cc1nnc(SCC(=O)NCCN(C(C)C)C(C)C)s1. The summed E-state index contributed by atoms with van der Waals surface area (Å²) in [5.74, 6) is 0.452. The predicted octanol–water partition coefficient (Wildman–Crippen LogP) is 2.17. The molecule has 1 heterocycles. The molecule has 1 aromatic heterocycles. The molecule has 20 heavy (non-hydrogen) atoms. The van der Waals surface area contributed by atoms with Crippen LogP contribution in [0.3, 0.4) is 0 Å². The lowest BCUT2D eigenvalue weighted by Crippen LogP contribution is -2.42. The summed E-state index contributed by atoms with van der Waals surface area (Å²) in [6, 6.07) is 0.983. The number of aryl methyl sites for hydroxylation is 1. The molecule has 5 nitrogen and oxygen atoms in total. The van der Waals surface area contributed by atoms with Gasteiger partial charge in [-0.3, -0.25) is 9.69 Å². The van der Waals surface area contributed by atoms with E-state index in [1.54, 1.807) is 0 Å². The molecule has 0 fully saturated rings. The first-order valence-electron chi connectivity index (χ1n) is 6.85. The highest BCUT2D eigenvalue weighted by Crippen LogP contribution is 2.21. The summed E-state index contributed by atoms with van der Waals surface area (Å²) in [4.78, 5) is 14.1. The van der Waals surface area contributed by atoms with Crippen LogP contribution in [0.2, 0.25) is 0 Å². The Balaban J connectivity index is 2.22. The van der Waals surface area contributed by atoms with Crippen molar-refractivity contribution < 1.29 is 4.79 Å². The van der Waals surface area contributed by atoms with Crippen molar-refractivity contribution in [2.45, 2.75) is 51.0 Å². The Morgan fingerprint density at radius 3 is 2.45 bits per heavy atom. The molecule has 0 bridgehead atoms. The van der Waals surface area contributed by atoms with Gasteiger partial charge in [-0.15, -0.1) is 10.2 Å². The normalized spacial score (nSPS) is 11.6. The Kier molecular flexibility index (Phi) is 7.47. The second kappa shape index (κ2) is 8.59. The third-order valence-corrected chi connectivity index (χ3v) is 4.82. The molecule has 0 aromatic carbocycles. The Labute approximate surface area is 129 Å². The molecule has 1 amide bonds. The second-order valence-corrected chi connectivity index (χ2v) is 7.56. The first-order chi connectivity index (χ1) is 9.40. The fourth-order valence-corrected chi connectivity index (χ4v) is 3.60. The highest BCUT2D eigenvalue weighted by molar-refractivity contribution is 8.01. The summed E-state index contributed by atoms with van der Waals surface area (Å²) in [6.45, 7) is 12.2. The highest BCUT2D eigenvalue weighted by Gasteiger charge is 2.13. The first kappa shape index (κ1) is 17.4. The van der Waals surface area contributed by atoms with Gasteiger partial charge in [0.1, 0.15) is 5.01 Å². The number of amides is 1. The van der Waals surface area contributed by atoms with Gasteiger partial charge in [-0.05, 0) is 34.6 Å². The van der Waals surface area contributed by atoms with Gasteiger partial charge in [0.2, 0.25) is 5.91 Å². The molecule has 7 heteroatoms. The van der Waals surface area contributed by atoms with E-state index in [0.717, 1.165) is 15.9 Å². The number of hydrogen-bond acceptors (Lipinski definition) is 6. The highest BCUT2D eigenvalue weighted by atomic mass is 32.2. The van der Waals surface area contributed by atoms with Gasteiger partial charge in [-0.25, -0.2) is 0 Å². The number of nitrogens with zero attached hydrogens (tertiary/aromatic N) is 3. The third kappa shape index (κ3) is 6.19. The van der Waals surface area contributed by atoms with Crippen LogP contribution in [0.1, 0.15) is 32.7 Å². The number of nitrogens with one attached hydrogen (secondary N) is 1. The second-order valence-electron chi connectivity index (χ2n) is 5.15. The zero-order valence-electron chi connectivity index (χ0n) is 12.8. The molecule has 1 N–H and O–H groups in total. The minimum atomic E-state index is 0.0512. The van der Waals surface area contributed by atoms with Crippen molar-refractivity contribution in [3.05, 3.63) is 5.01 Å². The molecule has 0 radical (unpaired) electrons. The van der Waals surface area contributed by atoms with Crippen LogP contribution in [0.5, 0.6) is 0 Å². The van der Waals surface area contributed by atoms with Crippen molar-refractivity contribution in [3.63, 3.8) is 0 Å². The van der Waals surface area contributed by atoms with Gasteiger partial charge >= 0.3 is 0 Å². The third-order valence-electron chi connectivity index (χ3n) is 2.85. The van der Waals surface area contributed by atoms with Crippen molar-refractivity contribution in [3.8, 4) is 0 Å². The van der Waals surface area contributed by atoms with Crippen molar-refractivity contribution >= 4 is 29.0 Å². The van der Waals surface area contributed by atoms with Gasteiger partial charge in [0.15, 0.2) is 4.34 Å². The predicted molar refractivity (Wildman–Crippen MR) is 85.4 cm³/mol. The zero-order valence-corrected chi connectivity index (χ0v) is 14.5. The van der Waals surface area contributed by atoms with E-state index in [1.165, 1.54) is 23.1 Å². The average Bonchev–Trinajstić information content (AvgIpc) is 2.77. The Bertz CT molecular complexity index is 412. The van der Waals surface area contributed by atoms with Crippen molar-refractivity contribution in [1.82, 2.24) is 20.4 Å². The molecule has 0 atom stereocenters. The van der Waals surface area contributed by atoms with E-state index in [0.29, 0.717) is 24.4 Å². The fourth-order valence-electron chi connectivity index (χ4n) is 1.95. The summed E-state index contributed by atoms with van der Waals surface area (Å²) in [7, 11) is 0. The molecular formula is C13H24N4OS2. The van der Waals surface area contributed by atoms with Gasteiger partial charge in [-0.2, -0.15) is 0 Å². The summed E-state index contributed by atoms with van der Waals surface area (Å²) < 4.78 is 0.851. The zero-order chi connectivity index (χ0) is 15.1. The molecule has 0 aliphatic rings. The molecule has 0 saturated heterocycles. The average molecular weight is 316 g/mol. The molecule has 0 aliphatic heterocycles. The van der Waals surface area contributed by atoms with Crippen LogP contribution in [0.25, 0.3) is 0 Å². The van der Waals surface area contributed by atoms with E-state index in [2.05, 4.69) is 48.1 Å². The van der Waals surface area contributed by atoms with Crippen molar-refractivity contribution in [1.29, 1.82) is 0 Å². The Morgan fingerprint density at radius 2 is 1.95 bits per heavy atom. The van der Waals surface area contributed by atoms with Crippen LogP contribution in [0, 0.1) is 6.92 Å². The maximum Gasteiger partial charge on any atom is 0.230 e. The number of thioether (sulfide) groups is 1. The molecule has 1 aromatic rings. The van der Waals surface area contributed by atoms with E-state index >= 15 is 0 Å². The lowest BCUT2D eigenvalue weighted by molar-refractivity contribution is -0.118. The van der Waals surface area contributed by atoms with Crippen molar-refractivity contribution in [2.75, 3.05) is 18.8 Å². The molecule has 0 unspecified atom stereocenters. The van der Waals surface area contributed by atoms with E-state index in [1.807, 2.05) is 6.92 Å². The monoisotopic (exact) mass is 316 g/mol. The van der Waals surface area contributed by atoms with Crippen LogP contribution in [0.4, 0.5) is 0 Å². The van der Waals surface area contributed by atoms with Crippen LogP contribution >= 0.6 is 23.1 Å². The maximum atomic E-state index is 11.8. The van der Waals surface area contributed by atoms with Crippen LogP contribution in [-0.4, -0.2) is 51.9 Å². The van der Waals surface area contributed by atoms with Crippen LogP contribution in [0.15, 0.2) is 4.34 Å². The summed E-state index contributed by atoms with van der Waals surface area (Å²) >= 11 is 2.96. The lowest BCUT2D eigenvalue weighted by Gasteiger charge is -2.30. The van der Waals surface area contributed by atoms with E-state index in [4.69, 9.17) is 0 Å². The lowest BCUT2D eigenvalue weighted by atomic mass is 10.2. The van der Waals surface area contributed by atoms with Crippen LogP contribution in [-0.2, 0) is 4.79 Å². The molecule has 0 aliphatic carbocycles. The summed E-state index contributed by atoms with van der Waals surface area (Å²) in [5, 5.41) is 11.8. The largest absolute Gasteiger partial charge is 0.354 e.